The Kier molecular flexibility index (Phi) is 4.49. The van der Waals surface area contributed by atoms with Gasteiger partial charge in [-0.05, 0) is 30.4 Å². The minimum absolute atomic E-state index is 0.0142. The second-order valence-electron chi connectivity index (χ2n) is 6.40. The Morgan fingerprint density at radius 2 is 2.19 bits per heavy atom. The summed E-state index contributed by atoms with van der Waals surface area (Å²) in [7, 11) is 0. The predicted octanol–water partition coefficient (Wildman–Crippen LogP) is 1.57. The molecule has 0 aromatic carbocycles. The average Bonchev–Trinajstić information content (AvgIpc) is 3.42. The Morgan fingerprint density at radius 1 is 1.31 bits per heavy atom. The highest BCUT2D eigenvalue weighted by Gasteiger charge is 2.23. The summed E-state index contributed by atoms with van der Waals surface area (Å²) in [6, 6.07) is 5.87. The molecule has 0 atom stereocenters. The largest absolute Gasteiger partial charge is 0.395 e. The lowest BCUT2D eigenvalue weighted by molar-refractivity contribution is -0.105. The molecule has 3 heterocycles. The van der Waals surface area contributed by atoms with Gasteiger partial charge < -0.3 is 19.7 Å². The van der Waals surface area contributed by atoms with E-state index >= 15 is 0 Å². The third kappa shape index (κ3) is 3.50. The summed E-state index contributed by atoms with van der Waals surface area (Å²) in [6.07, 6.45) is 8.65. The topological polar surface area (TPSA) is 95.7 Å². The highest BCUT2D eigenvalue weighted by atomic mass is 16.3. The Balaban J connectivity index is 1.58. The second kappa shape index (κ2) is 7.09. The number of nitrogens with zero attached hydrogens (tertiary/aromatic N) is 5. The van der Waals surface area contributed by atoms with Crippen molar-refractivity contribution in [3.8, 4) is 0 Å². The van der Waals surface area contributed by atoms with Crippen LogP contribution in [-0.2, 0) is 11.3 Å². The molecule has 1 aliphatic rings. The number of amides is 1. The van der Waals surface area contributed by atoms with Crippen LogP contribution in [0.2, 0.25) is 0 Å². The van der Waals surface area contributed by atoms with Crippen molar-refractivity contribution in [1.29, 1.82) is 0 Å². The minimum Gasteiger partial charge on any atom is -0.395 e. The van der Waals surface area contributed by atoms with Gasteiger partial charge in [-0.3, -0.25) is 4.79 Å². The Labute approximate surface area is 150 Å². The van der Waals surface area contributed by atoms with Crippen LogP contribution < -0.4 is 10.2 Å². The number of hydrogen-bond acceptors (Lipinski definition) is 6. The molecule has 0 bridgehead atoms. The first-order chi connectivity index (χ1) is 12.8. The average molecular weight is 352 g/mol. The number of pyridine rings is 1. The summed E-state index contributed by atoms with van der Waals surface area (Å²) in [5.41, 5.74) is 3.14. The van der Waals surface area contributed by atoms with E-state index in [-0.39, 0.29) is 6.61 Å². The number of aliphatic hydroxyl groups is 1. The van der Waals surface area contributed by atoms with Crippen molar-refractivity contribution in [2.75, 3.05) is 23.4 Å². The molecule has 0 radical (unpaired) electrons. The third-order valence-electron chi connectivity index (χ3n) is 4.48. The summed E-state index contributed by atoms with van der Waals surface area (Å²) in [5.74, 6) is 1.73. The predicted molar refractivity (Wildman–Crippen MR) is 97.0 cm³/mol. The van der Waals surface area contributed by atoms with Crippen LogP contribution in [0.4, 0.5) is 11.6 Å². The van der Waals surface area contributed by atoms with E-state index in [0.717, 1.165) is 11.3 Å². The molecule has 8 nitrogen and oxygen atoms in total. The zero-order chi connectivity index (χ0) is 17.9. The number of aliphatic hydroxyl groups excluding tert-OH is 1. The van der Waals surface area contributed by atoms with Crippen LogP contribution in [0.3, 0.4) is 0 Å². The van der Waals surface area contributed by atoms with Crippen LogP contribution in [-0.4, -0.2) is 44.0 Å². The lowest BCUT2D eigenvalue weighted by Gasteiger charge is -2.21. The van der Waals surface area contributed by atoms with Gasteiger partial charge in [-0.2, -0.15) is 0 Å². The number of rotatable bonds is 8. The smallest absolute Gasteiger partial charge is 0.212 e. The van der Waals surface area contributed by atoms with Crippen molar-refractivity contribution in [3.05, 3.63) is 48.2 Å². The van der Waals surface area contributed by atoms with Crippen LogP contribution in [0, 0.1) is 0 Å². The zero-order valence-corrected chi connectivity index (χ0v) is 14.2. The summed E-state index contributed by atoms with van der Waals surface area (Å²) in [5, 5.41) is 11.9. The normalized spacial score (nSPS) is 13.7. The van der Waals surface area contributed by atoms with E-state index in [1.165, 1.54) is 24.7 Å². The van der Waals surface area contributed by atoms with Gasteiger partial charge in [0, 0.05) is 25.0 Å². The van der Waals surface area contributed by atoms with Crippen molar-refractivity contribution in [1.82, 2.24) is 19.4 Å². The lowest BCUT2D eigenvalue weighted by Crippen LogP contribution is -2.27. The van der Waals surface area contributed by atoms with Crippen LogP contribution >= 0.6 is 0 Å². The van der Waals surface area contributed by atoms with Crippen molar-refractivity contribution in [2.24, 2.45) is 0 Å². The number of nitrogens with one attached hydrogen (secondary N) is 1. The Morgan fingerprint density at radius 3 is 2.96 bits per heavy atom. The first-order valence-electron chi connectivity index (χ1n) is 8.62. The molecule has 0 saturated heterocycles. The highest BCUT2D eigenvalue weighted by molar-refractivity contribution is 5.70. The molecule has 3 aromatic heterocycles. The first-order valence-corrected chi connectivity index (χ1v) is 8.62. The molecule has 0 unspecified atom stereocenters. The molecule has 1 aliphatic carbocycles. The van der Waals surface area contributed by atoms with Gasteiger partial charge in [-0.1, -0.05) is 6.07 Å². The fourth-order valence-electron chi connectivity index (χ4n) is 3.05. The molecule has 2 N–H and O–H groups in total. The standard InChI is InChI=1S/C18H20N6O2/c25-6-5-23(18-7-16(21-12-26)19-11-20-18)9-15-10-24-8-14(13-1-2-13)3-4-17(24)22-15/h3-4,7-8,10-13,25H,1-2,5-6,9H2,(H,19,20,21,26). The summed E-state index contributed by atoms with van der Waals surface area (Å²) in [6.45, 7) is 0.886. The molecule has 0 spiro atoms. The van der Waals surface area contributed by atoms with Gasteiger partial charge in [-0.15, -0.1) is 0 Å². The molecular weight excluding hydrogens is 332 g/mol. The van der Waals surface area contributed by atoms with Crippen LogP contribution in [0.5, 0.6) is 0 Å². The highest BCUT2D eigenvalue weighted by Crippen LogP contribution is 2.39. The molecule has 26 heavy (non-hydrogen) atoms. The van der Waals surface area contributed by atoms with Crippen molar-refractivity contribution in [2.45, 2.75) is 25.3 Å². The van der Waals surface area contributed by atoms with Crippen LogP contribution in [0.1, 0.15) is 30.0 Å². The lowest BCUT2D eigenvalue weighted by atomic mass is 10.2. The molecule has 4 rings (SSSR count). The fourth-order valence-corrected chi connectivity index (χ4v) is 3.05. The van der Waals surface area contributed by atoms with Gasteiger partial charge >= 0.3 is 0 Å². The van der Waals surface area contributed by atoms with E-state index in [2.05, 4.69) is 36.9 Å². The van der Waals surface area contributed by atoms with Crippen molar-refractivity contribution < 1.29 is 9.90 Å². The number of hydrogen-bond donors (Lipinski definition) is 2. The molecule has 134 valence electrons. The van der Waals surface area contributed by atoms with Gasteiger partial charge in [-0.25, -0.2) is 15.0 Å². The molecule has 1 amide bonds. The number of carbonyl (C=O) groups excluding carboxylic acids is 1. The maximum absolute atomic E-state index is 10.6. The quantitative estimate of drug-likeness (QED) is 0.598. The maximum Gasteiger partial charge on any atom is 0.212 e. The minimum atomic E-state index is -0.0142. The zero-order valence-electron chi connectivity index (χ0n) is 14.2. The van der Waals surface area contributed by atoms with Gasteiger partial charge in [0.15, 0.2) is 0 Å². The van der Waals surface area contributed by atoms with Crippen molar-refractivity contribution >= 4 is 23.7 Å². The van der Waals surface area contributed by atoms with Gasteiger partial charge in [0.25, 0.3) is 0 Å². The first kappa shape index (κ1) is 16.5. The summed E-state index contributed by atoms with van der Waals surface area (Å²) in [4.78, 5) is 25.4. The van der Waals surface area contributed by atoms with Crippen molar-refractivity contribution in [3.63, 3.8) is 0 Å². The van der Waals surface area contributed by atoms with E-state index < -0.39 is 0 Å². The number of carbonyl (C=O) groups is 1. The monoisotopic (exact) mass is 352 g/mol. The van der Waals surface area contributed by atoms with E-state index in [4.69, 9.17) is 0 Å². The Hall–Kier alpha value is -3.00. The molecular formula is C18H20N6O2. The summed E-state index contributed by atoms with van der Waals surface area (Å²) < 4.78 is 2.06. The van der Waals surface area contributed by atoms with Gasteiger partial charge in [0.1, 0.15) is 23.6 Å². The number of anilines is 2. The van der Waals surface area contributed by atoms with E-state index in [1.807, 2.05) is 17.2 Å². The molecule has 0 aliphatic heterocycles. The third-order valence-corrected chi connectivity index (χ3v) is 4.48. The second-order valence-corrected chi connectivity index (χ2v) is 6.40. The molecule has 8 heteroatoms. The Bertz CT molecular complexity index is 921. The summed E-state index contributed by atoms with van der Waals surface area (Å²) >= 11 is 0. The molecule has 3 aromatic rings. The fraction of sp³-hybridized carbons (Fsp3) is 0.333. The van der Waals surface area contributed by atoms with Gasteiger partial charge in [0.05, 0.1) is 18.8 Å². The molecule has 1 saturated carbocycles. The van der Waals surface area contributed by atoms with Crippen LogP contribution in [0.25, 0.3) is 5.65 Å². The maximum atomic E-state index is 10.6. The van der Waals surface area contributed by atoms with E-state index in [9.17, 15) is 9.90 Å². The van der Waals surface area contributed by atoms with E-state index in [0.29, 0.717) is 37.1 Å². The number of imidazole rings is 1. The van der Waals surface area contributed by atoms with Gasteiger partial charge in [0.2, 0.25) is 6.41 Å². The number of aromatic nitrogens is 4. The van der Waals surface area contributed by atoms with E-state index in [1.54, 1.807) is 6.07 Å². The number of fused-ring (bicyclic) bond motifs is 1. The van der Waals surface area contributed by atoms with Crippen LogP contribution in [0.15, 0.2) is 36.9 Å². The molecule has 1 fully saturated rings. The SMILES string of the molecule is O=CNc1cc(N(CCO)Cc2cn3cc(C4CC4)ccc3n2)ncn1.